The van der Waals surface area contributed by atoms with Crippen molar-refractivity contribution in [3.63, 3.8) is 0 Å². The minimum Gasteiger partial charge on any atom is -0.372 e. The maximum Gasteiger partial charge on any atom is 0.263 e. The van der Waals surface area contributed by atoms with Gasteiger partial charge >= 0.3 is 0 Å². The molecule has 2 aromatic heterocycles. The average molecular weight is 456 g/mol. The molecule has 1 atom stereocenters. The SMILES string of the molecule is C=CCn1c(SCC(=O)Nc2ccccc2)nc2sc3c(c2c1=O)C[C@H](C(C)C)OC3. The molecule has 3 heterocycles. The second kappa shape index (κ2) is 9.38. The first-order valence-electron chi connectivity index (χ1n) is 10.2. The van der Waals surface area contributed by atoms with E-state index in [1.807, 2.05) is 30.3 Å². The predicted molar refractivity (Wildman–Crippen MR) is 127 cm³/mol. The molecule has 1 amide bonds. The van der Waals surface area contributed by atoms with Crippen LogP contribution in [0.3, 0.4) is 0 Å². The molecule has 0 spiro atoms. The fourth-order valence-corrected chi connectivity index (χ4v) is 5.59. The van der Waals surface area contributed by atoms with Gasteiger partial charge in [0.05, 0.1) is 23.8 Å². The van der Waals surface area contributed by atoms with E-state index < -0.39 is 0 Å². The third kappa shape index (κ3) is 4.61. The zero-order chi connectivity index (χ0) is 22.0. The van der Waals surface area contributed by atoms with Gasteiger partial charge in [0.2, 0.25) is 5.91 Å². The predicted octanol–water partition coefficient (Wildman–Crippen LogP) is 4.47. The van der Waals surface area contributed by atoms with Crippen molar-refractivity contribution >= 4 is 44.9 Å². The van der Waals surface area contributed by atoms with Crippen LogP contribution in [0.5, 0.6) is 0 Å². The maximum absolute atomic E-state index is 13.4. The Balaban J connectivity index is 1.63. The monoisotopic (exact) mass is 455 g/mol. The van der Waals surface area contributed by atoms with Crippen LogP contribution in [-0.4, -0.2) is 27.3 Å². The van der Waals surface area contributed by atoms with E-state index in [-0.39, 0.29) is 23.3 Å². The highest BCUT2D eigenvalue weighted by Crippen LogP contribution is 2.35. The summed E-state index contributed by atoms with van der Waals surface area (Å²) in [6.07, 6.45) is 2.51. The number of allylic oxidation sites excluding steroid dienone is 1. The Morgan fingerprint density at radius 2 is 2.19 bits per heavy atom. The van der Waals surface area contributed by atoms with Crippen molar-refractivity contribution in [3.8, 4) is 0 Å². The summed E-state index contributed by atoms with van der Waals surface area (Å²) in [5.74, 6) is 0.395. The van der Waals surface area contributed by atoms with Gasteiger partial charge in [0.15, 0.2) is 5.16 Å². The van der Waals surface area contributed by atoms with Crippen molar-refractivity contribution in [1.29, 1.82) is 0 Å². The molecule has 0 unspecified atom stereocenters. The van der Waals surface area contributed by atoms with E-state index in [2.05, 4.69) is 25.7 Å². The lowest BCUT2D eigenvalue weighted by atomic mass is 9.96. The molecule has 31 heavy (non-hydrogen) atoms. The number of nitrogens with one attached hydrogen (secondary N) is 1. The average Bonchev–Trinajstić information content (AvgIpc) is 3.13. The van der Waals surface area contributed by atoms with Crippen LogP contribution in [-0.2, 0) is 29.1 Å². The molecule has 1 N–H and O–H groups in total. The second-order valence-electron chi connectivity index (χ2n) is 7.78. The quantitative estimate of drug-likeness (QED) is 0.323. The van der Waals surface area contributed by atoms with Crippen molar-refractivity contribution in [2.24, 2.45) is 5.92 Å². The van der Waals surface area contributed by atoms with Crippen molar-refractivity contribution in [1.82, 2.24) is 9.55 Å². The van der Waals surface area contributed by atoms with Crippen molar-refractivity contribution in [2.45, 2.75) is 44.7 Å². The topological polar surface area (TPSA) is 73.2 Å². The van der Waals surface area contributed by atoms with Gasteiger partial charge in [-0.25, -0.2) is 4.98 Å². The van der Waals surface area contributed by atoms with E-state index in [0.29, 0.717) is 34.4 Å². The first-order valence-corrected chi connectivity index (χ1v) is 12.0. The molecule has 0 radical (unpaired) electrons. The van der Waals surface area contributed by atoms with E-state index >= 15 is 0 Å². The van der Waals surface area contributed by atoms with Gasteiger partial charge < -0.3 is 10.1 Å². The van der Waals surface area contributed by atoms with Gasteiger partial charge in [-0.1, -0.05) is 49.9 Å². The number of carbonyl (C=O) groups is 1. The van der Waals surface area contributed by atoms with E-state index in [1.165, 1.54) is 23.1 Å². The van der Waals surface area contributed by atoms with E-state index in [4.69, 9.17) is 9.72 Å². The number of amides is 1. The van der Waals surface area contributed by atoms with Crippen LogP contribution in [0.1, 0.15) is 24.3 Å². The number of thiophene rings is 1. The van der Waals surface area contributed by atoms with Crippen LogP contribution in [0.2, 0.25) is 0 Å². The van der Waals surface area contributed by atoms with Gasteiger partial charge in [-0.3, -0.25) is 14.2 Å². The zero-order valence-corrected chi connectivity index (χ0v) is 19.2. The molecule has 4 rings (SSSR count). The number of aromatic nitrogens is 2. The molecule has 3 aromatic rings. The number of anilines is 1. The minimum absolute atomic E-state index is 0.0715. The largest absolute Gasteiger partial charge is 0.372 e. The van der Waals surface area contributed by atoms with Crippen molar-refractivity contribution in [2.75, 3.05) is 11.1 Å². The number of ether oxygens (including phenoxy) is 1. The smallest absolute Gasteiger partial charge is 0.263 e. The summed E-state index contributed by atoms with van der Waals surface area (Å²) >= 11 is 2.78. The lowest BCUT2D eigenvalue weighted by Crippen LogP contribution is -2.28. The summed E-state index contributed by atoms with van der Waals surface area (Å²) < 4.78 is 7.59. The van der Waals surface area contributed by atoms with Crippen LogP contribution in [0.4, 0.5) is 5.69 Å². The maximum atomic E-state index is 13.4. The van der Waals surface area contributed by atoms with Crippen LogP contribution < -0.4 is 10.9 Å². The highest BCUT2D eigenvalue weighted by atomic mass is 32.2. The third-order valence-electron chi connectivity index (χ3n) is 5.24. The minimum atomic E-state index is -0.144. The summed E-state index contributed by atoms with van der Waals surface area (Å²) in [6.45, 7) is 8.91. The Kier molecular flexibility index (Phi) is 6.60. The van der Waals surface area contributed by atoms with Gasteiger partial charge in [-0.05, 0) is 23.6 Å². The molecular weight excluding hydrogens is 430 g/mol. The molecule has 1 aromatic carbocycles. The molecule has 0 saturated heterocycles. The molecule has 8 heteroatoms. The Morgan fingerprint density at radius 3 is 2.90 bits per heavy atom. The molecule has 6 nitrogen and oxygen atoms in total. The molecule has 0 bridgehead atoms. The molecule has 162 valence electrons. The highest BCUT2D eigenvalue weighted by molar-refractivity contribution is 7.99. The fraction of sp³-hybridized carbons (Fsp3) is 0.348. The van der Waals surface area contributed by atoms with Gasteiger partial charge in [-0.15, -0.1) is 17.9 Å². The Morgan fingerprint density at radius 1 is 1.42 bits per heavy atom. The molecule has 1 aliphatic heterocycles. The van der Waals surface area contributed by atoms with E-state index in [1.54, 1.807) is 10.6 Å². The first-order chi connectivity index (χ1) is 15.0. The summed E-state index contributed by atoms with van der Waals surface area (Å²) in [6, 6.07) is 9.30. The number of rotatable bonds is 7. The Labute approximate surface area is 189 Å². The number of hydrogen-bond donors (Lipinski definition) is 1. The summed E-state index contributed by atoms with van der Waals surface area (Å²) in [5, 5.41) is 4.08. The zero-order valence-electron chi connectivity index (χ0n) is 17.6. The number of hydrogen-bond acceptors (Lipinski definition) is 6. The Hall–Kier alpha value is -2.42. The molecule has 0 aliphatic carbocycles. The number of fused-ring (bicyclic) bond motifs is 3. The van der Waals surface area contributed by atoms with E-state index in [9.17, 15) is 9.59 Å². The van der Waals surface area contributed by atoms with Gasteiger partial charge in [0.1, 0.15) is 4.83 Å². The van der Waals surface area contributed by atoms with Gasteiger partial charge in [0.25, 0.3) is 5.56 Å². The standard InChI is InChI=1S/C23H25N3O3S2/c1-4-10-26-22(28)20-16-11-17(14(2)3)29-12-18(16)31-21(20)25-23(26)30-13-19(27)24-15-8-6-5-7-9-15/h4-9,14,17H,1,10-13H2,2-3H3,(H,24,27)/t17-/m1/s1. The number of nitrogens with zero attached hydrogens (tertiary/aromatic N) is 2. The number of para-hydroxylation sites is 1. The van der Waals surface area contributed by atoms with E-state index in [0.717, 1.165) is 22.5 Å². The lowest BCUT2D eigenvalue weighted by molar-refractivity contribution is -0.113. The molecule has 1 aliphatic rings. The summed E-state index contributed by atoms with van der Waals surface area (Å²) in [7, 11) is 0. The van der Waals surface area contributed by atoms with Crippen LogP contribution in [0, 0.1) is 5.92 Å². The van der Waals surface area contributed by atoms with Crippen LogP contribution in [0.25, 0.3) is 10.2 Å². The number of carbonyl (C=O) groups excluding carboxylic acids is 1. The summed E-state index contributed by atoms with van der Waals surface area (Å²) in [4.78, 5) is 32.4. The molecular formula is C23H25N3O3S2. The van der Waals surface area contributed by atoms with Gasteiger partial charge in [-0.2, -0.15) is 0 Å². The highest BCUT2D eigenvalue weighted by Gasteiger charge is 2.28. The fourth-order valence-electron chi connectivity index (χ4n) is 3.62. The van der Waals surface area contributed by atoms with Crippen molar-refractivity contribution < 1.29 is 9.53 Å². The molecule has 0 saturated carbocycles. The van der Waals surface area contributed by atoms with Crippen LogP contribution in [0.15, 0.2) is 52.9 Å². The molecule has 0 fully saturated rings. The summed E-state index contributed by atoms with van der Waals surface area (Å²) in [5.41, 5.74) is 1.74. The van der Waals surface area contributed by atoms with Gasteiger partial charge in [0, 0.05) is 23.5 Å². The number of thioether (sulfide) groups is 1. The Bertz CT molecular complexity index is 1170. The second-order valence-corrected chi connectivity index (χ2v) is 9.81. The van der Waals surface area contributed by atoms with Crippen molar-refractivity contribution in [3.05, 3.63) is 63.8 Å². The number of benzene rings is 1. The lowest BCUT2D eigenvalue weighted by Gasteiger charge is -2.26. The first kappa shape index (κ1) is 21.8. The van der Waals surface area contributed by atoms with Crippen LogP contribution >= 0.6 is 23.1 Å². The third-order valence-corrected chi connectivity index (χ3v) is 7.31. The normalized spacial score (nSPS) is 15.8.